The SMILES string of the molecule is CSc1ncc(CO)cc1[N+](=O)[O-]. The smallest absolute Gasteiger partial charge is 0.301 e. The van der Waals surface area contributed by atoms with Gasteiger partial charge in [-0.3, -0.25) is 10.1 Å². The van der Waals surface area contributed by atoms with Crippen molar-refractivity contribution < 1.29 is 10.0 Å². The number of hydrogen-bond acceptors (Lipinski definition) is 5. The molecule has 0 bridgehead atoms. The fourth-order valence-electron chi connectivity index (χ4n) is 0.857. The molecule has 0 aliphatic carbocycles. The molecule has 1 aromatic rings. The number of pyridine rings is 1. The second-order valence-corrected chi connectivity index (χ2v) is 3.08. The van der Waals surface area contributed by atoms with Gasteiger partial charge in [-0.25, -0.2) is 4.98 Å². The molecule has 1 rings (SSSR count). The zero-order chi connectivity index (χ0) is 9.84. The first-order chi connectivity index (χ1) is 6.19. The van der Waals surface area contributed by atoms with Crippen molar-refractivity contribution in [1.29, 1.82) is 0 Å². The molecular formula is C7H8N2O3S. The van der Waals surface area contributed by atoms with E-state index in [0.29, 0.717) is 10.6 Å². The minimum Gasteiger partial charge on any atom is -0.392 e. The lowest BCUT2D eigenvalue weighted by atomic mass is 10.3. The van der Waals surface area contributed by atoms with Crippen LogP contribution in [0.1, 0.15) is 5.56 Å². The molecule has 0 saturated heterocycles. The Morgan fingerprint density at radius 1 is 1.77 bits per heavy atom. The largest absolute Gasteiger partial charge is 0.392 e. The Balaban J connectivity index is 3.18. The van der Waals surface area contributed by atoms with E-state index in [-0.39, 0.29) is 12.3 Å². The van der Waals surface area contributed by atoms with Gasteiger partial charge in [0.2, 0.25) is 0 Å². The minimum absolute atomic E-state index is 0.0564. The molecule has 1 heterocycles. The Morgan fingerprint density at radius 3 is 2.92 bits per heavy atom. The van der Waals surface area contributed by atoms with Gasteiger partial charge in [0.15, 0.2) is 5.03 Å². The van der Waals surface area contributed by atoms with E-state index in [0.717, 1.165) is 0 Å². The molecule has 0 fully saturated rings. The molecule has 0 amide bonds. The van der Waals surface area contributed by atoms with Crippen LogP contribution >= 0.6 is 11.8 Å². The summed E-state index contributed by atoms with van der Waals surface area (Å²) in [5.74, 6) is 0. The molecule has 5 nitrogen and oxygen atoms in total. The van der Waals surface area contributed by atoms with Crippen molar-refractivity contribution in [3.05, 3.63) is 27.9 Å². The molecule has 0 spiro atoms. The summed E-state index contributed by atoms with van der Waals surface area (Å²) in [5, 5.41) is 19.6. The Bertz CT molecular complexity index is 330. The summed E-state index contributed by atoms with van der Waals surface area (Å²) in [4.78, 5) is 13.9. The quantitative estimate of drug-likeness (QED) is 0.450. The van der Waals surface area contributed by atoms with Crippen LogP contribution in [0.3, 0.4) is 0 Å². The van der Waals surface area contributed by atoms with Crippen molar-refractivity contribution in [2.24, 2.45) is 0 Å². The van der Waals surface area contributed by atoms with Gasteiger partial charge in [-0.1, -0.05) is 0 Å². The zero-order valence-electron chi connectivity index (χ0n) is 6.93. The fourth-order valence-corrected chi connectivity index (χ4v) is 1.36. The predicted octanol–water partition coefficient (Wildman–Crippen LogP) is 1.20. The molecule has 0 aromatic carbocycles. The zero-order valence-corrected chi connectivity index (χ0v) is 7.74. The second kappa shape index (κ2) is 4.20. The second-order valence-electron chi connectivity index (χ2n) is 2.29. The molecule has 0 radical (unpaired) electrons. The standard InChI is InChI=1S/C7H8N2O3S/c1-13-7-6(9(11)12)2-5(4-10)3-8-7/h2-3,10H,4H2,1H3. The average molecular weight is 200 g/mol. The molecule has 6 heteroatoms. The lowest BCUT2D eigenvalue weighted by Crippen LogP contribution is -1.95. The van der Waals surface area contributed by atoms with Gasteiger partial charge in [-0.15, -0.1) is 11.8 Å². The van der Waals surface area contributed by atoms with Crippen LogP contribution < -0.4 is 0 Å². The molecule has 0 aliphatic heterocycles. The molecule has 0 unspecified atom stereocenters. The van der Waals surface area contributed by atoms with Gasteiger partial charge in [-0.05, 0) is 6.26 Å². The topological polar surface area (TPSA) is 76.3 Å². The van der Waals surface area contributed by atoms with Crippen LogP contribution in [-0.4, -0.2) is 21.3 Å². The van der Waals surface area contributed by atoms with E-state index < -0.39 is 4.92 Å². The van der Waals surface area contributed by atoms with Gasteiger partial charge in [0.25, 0.3) is 0 Å². The van der Waals surface area contributed by atoms with Gasteiger partial charge < -0.3 is 5.11 Å². The summed E-state index contributed by atoms with van der Waals surface area (Å²) >= 11 is 1.21. The van der Waals surface area contributed by atoms with Gasteiger partial charge in [0.05, 0.1) is 11.5 Å². The van der Waals surface area contributed by atoms with Gasteiger partial charge >= 0.3 is 5.69 Å². The van der Waals surface area contributed by atoms with Crippen molar-refractivity contribution >= 4 is 17.4 Å². The molecule has 70 valence electrons. The first-order valence-corrected chi connectivity index (χ1v) is 4.69. The number of aromatic nitrogens is 1. The van der Waals surface area contributed by atoms with E-state index in [4.69, 9.17) is 5.11 Å². The maximum atomic E-state index is 10.5. The summed E-state index contributed by atoms with van der Waals surface area (Å²) in [6.07, 6.45) is 3.15. The minimum atomic E-state index is -0.502. The Labute approximate surface area is 79.0 Å². The van der Waals surface area contributed by atoms with Crippen molar-refractivity contribution in [2.45, 2.75) is 11.6 Å². The highest BCUT2D eigenvalue weighted by Gasteiger charge is 2.14. The van der Waals surface area contributed by atoms with Crippen LogP contribution in [0.5, 0.6) is 0 Å². The molecule has 1 N–H and O–H groups in total. The summed E-state index contributed by atoms with van der Waals surface area (Å²) in [5.41, 5.74) is 0.392. The highest BCUT2D eigenvalue weighted by atomic mass is 32.2. The summed E-state index contributed by atoms with van der Waals surface area (Å²) in [7, 11) is 0. The normalized spacial score (nSPS) is 10.0. The highest BCUT2D eigenvalue weighted by Crippen LogP contribution is 2.25. The van der Waals surface area contributed by atoms with Gasteiger partial charge in [-0.2, -0.15) is 0 Å². The first-order valence-electron chi connectivity index (χ1n) is 3.47. The monoisotopic (exact) mass is 200 g/mol. The highest BCUT2D eigenvalue weighted by molar-refractivity contribution is 7.98. The number of rotatable bonds is 3. The van der Waals surface area contributed by atoms with Crippen LogP contribution in [0.2, 0.25) is 0 Å². The number of aliphatic hydroxyl groups is 1. The van der Waals surface area contributed by atoms with Gasteiger partial charge in [0, 0.05) is 17.8 Å². The van der Waals surface area contributed by atoms with E-state index in [2.05, 4.69) is 4.98 Å². The lowest BCUT2D eigenvalue weighted by molar-refractivity contribution is -0.388. The van der Waals surface area contributed by atoms with Crippen molar-refractivity contribution in [2.75, 3.05) is 6.26 Å². The Morgan fingerprint density at radius 2 is 2.46 bits per heavy atom. The summed E-state index contributed by atoms with van der Waals surface area (Å²) in [6, 6.07) is 1.33. The molecule has 0 aliphatic rings. The van der Waals surface area contributed by atoms with Crippen molar-refractivity contribution in [1.82, 2.24) is 4.98 Å². The van der Waals surface area contributed by atoms with Crippen LogP contribution in [0.15, 0.2) is 17.3 Å². The average Bonchev–Trinajstić information content (AvgIpc) is 2.16. The number of thioether (sulfide) groups is 1. The number of nitro groups is 1. The molecule has 0 saturated carbocycles. The molecule has 13 heavy (non-hydrogen) atoms. The van der Waals surface area contributed by atoms with Crippen LogP contribution in [0.4, 0.5) is 5.69 Å². The maximum Gasteiger partial charge on any atom is 0.301 e. The summed E-state index contributed by atoms with van der Waals surface area (Å²) in [6.45, 7) is -0.234. The van der Waals surface area contributed by atoms with E-state index >= 15 is 0 Å². The molecule has 1 aromatic heterocycles. The lowest BCUT2D eigenvalue weighted by Gasteiger charge is -1.99. The predicted molar refractivity (Wildman–Crippen MR) is 48.6 cm³/mol. The van der Waals surface area contributed by atoms with Crippen molar-refractivity contribution in [3.8, 4) is 0 Å². The first kappa shape index (κ1) is 9.94. The fraction of sp³-hybridized carbons (Fsp3) is 0.286. The summed E-state index contributed by atoms with van der Waals surface area (Å²) < 4.78 is 0. The van der Waals surface area contributed by atoms with Crippen molar-refractivity contribution in [3.63, 3.8) is 0 Å². The Kier molecular flexibility index (Phi) is 3.21. The van der Waals surface area contributed by atoms with Crippen LogP contribution in [0.25, 0.3) is 0 Å². The number of aliphatic hydroxyl groups excluding tert-OH is 1. The number of nitrogens with zero attached hydrogens (tertiary/aromatic N) is 2. The third-order valence-electron chi connectivity index (χ3n) is 1.46. The Hall–Kier alpha value is -1.14. The van der Waals surface area contributed by atoms with E-state index in [1.807, 2.05) is 0 Å². The third-order valence-corrected chi connectivity index (χ3v) is 2.16. The third kappa shape index (κ3) is 2.16. The van der Waals surface area contributed by atoms with E-state index in [1.165, 1.54) is 24.0 Å². The molecular weight excluding hydrogens is 192 g/mol. The van der Waals surface area contributed by atoms with Crippen LogP contribution in [-0.2, 0) is 6.61 Å². The van der Waals surface area contributed by atoms with E-state index in [9.17, 15) is 10.1 Å². The van der Waals surface area contributed by atoms with Crippen LogP contribution in [0, 0.1) is 10.1 Å². The van der Waals surface area contributed by atoms with Gasteiger partial charge in [0.1, 0.15) is 0 Å². The molecule has 0 atom stereocenters. The number of hydrogen-bond donors (Lipinski definition) is 1. The maximum absolute atomic E-state index is 10.5. The van der Waals surface area contributed by atoms with E-state index in [1.54, 1.807) is 6.26 Å².